The van der Waals surface area contributed by atoms with Gasteiger partial charge in [0.2, 0.25) is 0 Å². The second kappa shape index (κ2) is 8.55. The molecule has 0 unspecified atom stereocenters. The number of nitrogens with one attached hydrogen (secondary N) is 1. The first-order chi connectivity index (χ1) is 9.13. The molecule has 1 aromatic rings. The van der Waals surface area contributed by atoms with Gasteiger partial charge in [-0.25, -0.2) is 0 Å². The summed E-state index contributed by atoms with van der Waals surface area (Å²) in [6, 6.07) is 8.37. The average Bonchev–Trinajstić information content (AvgIpc) is 2.36. The molecule has 0 fully saturated rings. The largest absolute Gasteiger partial charge is 0.493 e. The van der Waals surface area contributed by atoms with E-state index in [1.165, 1.54) is 11.1 Å². The molecule has 3 nitrogen and oxygen atoms in total. The number of ether oxygens (including phenoxy) is 1. The lowest BCUT2D eigenvalue weighted by atomic mass is 10.1. The Morgan fingerprint density at radius 2 is 2.16 bits per heavy atom. The zero-order valence-electron chi connectivity index (χ0n) is 12.2. The molecule has 0 aliphatic carbocycles. The van der Waals surface area contributed by atoms with E-state index in [1.807, 2.05) is 6.07 Å². The second-order valence-corrected chi connectivity index (χ2v) is 5.25. The van der Waals surface area contributed by atoms with Crippen molar-refractivity contribution < 1.29 is 4.74 Å². The van der Waals surface area contributed by atoms with Gasteiger partial charge in [-0.05, 0) is 31.9 Å². The molecule has 1 aromatic carbocycles. The average molecular weight is 260 g/mol. The van der Waals surface area contributed by atoms with Crippen LogP contribution in [0.25, 0.3) is 0 Å². The van der Waals surface area contributed by atoms with E-state index in [2.05, 4.69) is 44.3 Å². The molecule has 104 valence electrons. The van der Waals surface area contributed by atoms with E-state index < -0.39 is 0 Å². The molecule has 0 saturated carbocycles. The van der Waals surface area contributed by atoms with Gasteiger partial charge < -0.3 is 10.1 Å². The number of hydrogen-bond acceptors (Lipinski definition) is 3. The Labute approximate surface area is 116 Å². The summed E-state index contributed by atoms with van der Waals surface area (Å²) in [6.45, 7) is 8.92. The number of rotatable bonds is 8. The molecule has 0 amide bonds. The van der Waals surface area contributed by atoms with Gasteiger partial charge in [0.25, 0.3) is 0 Å². The molecular formula is C16H24N2O. The van der Waals surface area contributed by atoms with Gasteiger partial charge in [-0.1, -0.05) is 31.5 Å². The monoisotopic (exact) mass is 260 g/mol. The van der Waals surface area contributed by atoms with Crippen molar-refractivity contribution >= 4 is 0 Å². The van der Waals surface area contributed by atoms with Crippen LogP contribution >= 0.6 is 0 Å². The maximum atomic E-state index is 8.51. The summed E-state index contributed by atoms with van der Waals surface area (Å²) >= 11 is 0. The van der Waals surface area contributed by atoms with Gasteiger partial charge in [0.05, 0.1) is 12.7 Å². The van der Waals surface area contributed by atoms with E-state index in [1.54, 1.807) is 0 Å². The summed E-state index contributed by atoms with van der Waals surface area (Å²) in [5.41, 5.74) is 2.43. The highest BCUT2D eigenvalue weighted by Crippen LogP contribution is 2.20. The zero-order chi connectivity index (χ0) is 14.1. The third kappa shape index (κ3) is 6.26. The fourth-order valence-corrected chi connectivity index (χ4v) is 1.82. The molecular weight excluding hydrogens is 236 g/mol. The van der Waals surface area contributed by atoms with Crippen LogP contribution in [-0.4, -0.2) is 13.2 Å². The highest BCUT2D eigenvalue weighted by atomic mass is 16.5. The van der Waals surface area contributed by atoms with Crippen LogP contribution in [0.2, 0.25) is 0 Å². The zero-order valence-corrected chi connectivity index (χ0v) is 12.2. The maximum absolute atomic E-state index is 8.51. The molecule has 3 heteroatoms. The number of benzene rings is 1. The second-order valence-electron chi connectivity index (χ2n) is 5.25. The van der Waals surface area contributed by atoms with Gasteiger partial charge in [-0.2, -0.15) is 5.26 Å². The van der Waals surface area contributed by atoms with Gasteiger partial charge >= 0.3 is 0 Å². The Bertz CT molecular complexity index is 421. The number of nitriles is 1. The fourth-order valence-electron chi connectivity index (χ4n) is 1.82. The van der Waals surface area contributed by atoms with Crippen LogP contribution in [0.3, 0.4) is 0 Å². The Hall–Kier alpha value is -1.53. The lowest BCUT2D eigenvalue weighted by Crippen LogP contribution is -2.19. The van der Waals surface area contributed by atoms with Crippen LogP contribution in [0, 0.1) is 24.2 Å². The van der Waals surface area contributed by atoms with E-state index in [-0.39, 0.29) is 0 Å². The highest BCUT2D eigenvalue weighted by molar-refractivity contribution is 5.36. The number of hydrogen-bond donors (Lipinski definition) is 1. The van der Waals surface area contributed by atoms with Crippen molar-refractivity contribution in [2.45, 2.75) is 40.2 Å². The van der Waals surface area contributed by atoms with Crippen LogP contribution in [0.5, 0.6) is 5.75 Å². The topological polar surface area (TPSA) is 45.0 Å². The Balaban J connectivity index is 2.56. The van der Waals surface area contributed by atoms with Crippen molar-refractivity contribution in [3.8, 4) is 11.8 Å². The fraction of sp³-hybridized carbons (Fsp3) is 0.562. The summed E-state index contributed by atoms with van der Waals surface area (Å²) in [5, 5.41) is 11.9. The summed E-state index contributed by atoms with van der Waals surface area (Å²) in [5.74, 6) is 1.57. The Morgan fingerprint density at radius 1 is 1.37 bits per heavy atom. The maximum Gasteiger partial charge on any atom is 0.123 e. The van der Waals surface area contributed by atoms with Crippen molar-refractivity contribution in [1.82, 2.24) is 5.32 Å². The molecule has 0 atom stereocenters. The molecule has 0 spiro atoms. The van der Waals surface area contributed by atoms with Crippen LogP contribution in [-0.2, 0) is 6.54 Å². The molecule has 0 aromatic heterocycles. The minimum absolute atomic E-state index is 0.548. The van der Waals surface area contributed by atoms with Crippen molar-refractivity contribution in [2.75, 3.05) is 13.2 Å². The molecule has 0 saturated heterocycles. The van der Waals surface area contributed by atoms with E-state index >= 15 is 0 Å². The van der Waals surface area contributed by atoms with E-state index in [0.717, 1.165) is 25.3 Å². The first-order valence-electron chi connectivity index (χ1n) is 6.93. The van der Waals surface area contributed by atoms with Crippen LogP contribution in [0.4, 0.5) is 0 Å². The van der Waals surface area contributed by atoms with Crippen LogP contribution in [0.1, 0.15) is 37.8 Å². The molecule has 0 bridgehead atoms. The number of nitrogens with zero attached hydrogens (tertiary/aromatic N) is 1. The summed E-state index contributed by atoms with van der Waals surface area (Å²) in [6.07, 6.45) is 1.33. The first kappa shape index (κ1) is 15.5. The molecule has 0 heterocycles. The van der Waals surface area contributed by atoms with Crippen molar-refractivity contribution in [1.29, 1.82) is 5.26 Å². The van der Waals surface area contributed by atoms with Crippen molar-refractivity contribution in [2.24, 2.45) is 5.92 Å². The minimum atomic E-state index is 0.548. The summed E-state index contributed by atoms with van der Waals surface area (Å²) < 4.78 is 5.76. The Kier molecular flexibility index (Phi) is 6.99. The number of unbranched alkanes of at least 4 members (excludes halogenated alkanes) is 1. The van der Waals surface area contributed by atoms with Crippen LogP contribution < -0.4 is 10.1 Å². The normalized spacial score (nSPS) is 10.5. The van der Waals surface area contributed by atoms with Gasteiger partial charge in [-0.3, -0.25) is 0 Å². The molecule has 0 aliphatic heterocycles. The predicted molar refractivity (Wildman–Crippen MR) is 78.1 cm³/mol. The van der Waals surface area contributed by atoms with Gasteiger partial charge in [0.15, 0.2) is 0 Å². The molecule has 19 heavy (non-hydrogen) atoms. The van der Waals surface area contributed by atoms with Crippen molar-refractivity contribution in [3.63, 3.8) is 0 Å². The third-order valence-electron chi connectivity index (χ3n) is 2.77. The van der Waals surface area contributed by atoms with E-state index in [9.17, 15) is 0 Å². The first-order valence-corrected chi connectivity index (χ1v) is 6.93. The van der Waals surface area contributed by atoms with Crippen LogP contribution in [0.15, 0.2) is 18.2 Å². The van der Waals surface area contributed by atoms with E-state index in [0.29, 0.717) is 18.9 Å². The standard InChI is InChI=1S/C16H24N2O/c1-13(2)11-18-12-15-10-14(3)6-7-16(15)19-9-5-4-8-17/h6-7,10,13,18H,4-5,9,11-12H2,1-3H3. The third-order valence-corrected chi connectivity index (χ3v) is 2.77. The molecule has 1 rings (SSSR count). The smallest absolute Gasteiger partial charge is 0.123 e. The lowest BCUT2D eigenvalue weighted by molar-refractivity contribution is 0.308. The Morgan fingerprint density at radius 3 is 2.84 bits per heavy atom. The van der Waals surface area contributed by atoms with Gasteiger partial charge in [0.1, 0.15) is 5.75 Å². The lowest BCUT2D eigenvalue weighted by Gasteiger charge is -2.13. The minimum Gasteiger partial charge on any atom is -0.493 e. The summed E-state index contributed by atoms with van der Waals surface area (Å²) in [7, 11) is 0. The highest BCUT2D eigenvalue weighted by Gasteiger charge is 2.04. The molecule has 0 aliphatic rings. The predicted octanol–water partition coefficient (Wildman–Crippen LogP) is 3.42. The SMILES string of the molecule is Cc1ccc(OCCCC#N)c(CNCC(C)C)c1. The number of aryl methyl sites for hydroxylation is 1. The van der Waals surface area contributed by atoms with Gasteiger partial charge in [-0.15, -0.1) is 0 Å². The quantitative estimate of drug-likeness (QED) is 0.728. The van der Waals surface area contributed by atoms with Crippen molar-refractivity contribution in [3.05, 3.63) is 29.3 Å². The molecule has 0 radical (unpaired) electrons. The summed E-state index contributed by atoms with van der Waals surface area (Å²) in [4.78, 5) is 0. The molecule has 1 N–H and O–H groups in total. The van der Waals surface area contributed by atoms with E-state index in [4.69, 9.17) is 10.00 Å². The van der Waals surface area contributed by atoms with Gasteiger partial charge in [0, 0.05) is 18.5 Å².